The molecule has 134 valence electrons. The number of amides is 1. The Morgan fingerprint density at radius 3 is 1.80 bits per heavy atom. The van der Waals surface area contributed by atoms with Crippen molar-refractivity contribution < 1.29 is 39.9 Å². The van der Waals surface area contributed by atoms with Crippen molar-refractivity contribution >= 4 is 16.1 Å². The number of carbonyl (C=O) groups is 1. The minimum Gasteiger partial charge on any atom is -0.403 e. The summed E-state index contributed by atoms with van der Waals surface area (Å²) in [5.41, 5.74) is 0.711. The molecule has 1 amide bonds. The maximum absolute atomic E-state index is 13.4. The summed E-state index contributed by atoms with van der Waals surface area (Å²) < 4.78 is 94.7. The summed E-state index contributed by atoms with van der Waals surface area (Å²) in [6, 6.07) is 5.07. The lowest BCUT2D eigenvalue weighted by Gasteiger charge is -2.10. The molecule has 11 heteroatoms. The van der Waals surface area contributed by atoms with Gasteiger partial charge in [-0.3, -0.25) is 0 Å². The maximum Gasteiger partial charge on any atom is 0.426 e. The van der Waals surface area contributed by atoms with Crippen LogP contribution in [0.4, 0.5) is 26.7 Å². The summed E-state index contributed by atoms with van der Waals surface area (Å²) in [6.07, 6.45) is -1.95. The molecule has 2 rings (SSSR count). The standard InChI is InChI=1S/C14H8F5NO4S/c1-6-2-4-7(5-3-6)25(22,23)20-14(21)24-13-11(18)9(16)8(15)10(17)12(13)19/h2-5H,1H3,(H,20,21). The molecule has 0 aliphatic heterocycles. The molecule has 0 fully saturated rings. The van der Waals surface area contributed by atoms with Gasteiger partial charge < -0.3 is 4.74 Å². The van der Waals surface area contributed by atoms with Crippen molar-refractivity contribution in [2.24, 2.45) is 0 Å². The zero-order chi connectivity index (χ0) is 18.9. The summed E-state index contributed by atoms with van der Waals surface area (Å²) in [5.74, 6) is -13.9. The molecule has 0 saturated carbocycles. The average Bonchev–Trinajstić information content (AvgIpc) is 2.55. The zero-order valence-electron chi connectivity index (χ0n) is 12.2. The third-order valence-corrected chi connectivity index (χ3v) is 4.24. The van der Waals surface area contributed by atoms with Gasteiger partial charge in [0.2, 0.25) is 34.8 Å². The quantitative estimate of drug-likeness (QED) is 0.504. The molecular weight excluding hydrogens is 373 g/mol. The third-order valence-electron chi connectivity index (χ3n) is 2.91. The SMILES string of the molecule is Cc1ccc(S(=O)(=O)NC(=O)Oc2c(F)c(F)c(F)c(F)c2F)cc1. The Hall–Kier alpha value is -2.69. The summed E-state index contributed by atoms with van der Waals surface area (Å²) in [7, 11) is -4.48. The first-order chi connectivity index (χ1) is 11.5. The molecule has 2 aromatic carbocycles. The van der Waals surface area contributed by atoms with Crippen molar-refractivity contribution in [2.45, 2.75) is 11.8 Å². The van der Waals surface area contributed by atoms with Crippen molar-refractivity contribution in [2.75, 3.05) is 0 Å². The van der Waals surface area contributed by atoms with E-state index in [2.05, 4.69) is 4.74 Å². The molecular formula is C14H8F5NO4S. The lowest BCUT2D eigenvalue weighted by atomic mass is 10.2. The number of hydrogen-bond donors (Lipinski definition) is 1. The van der Waals surface area contributed by atoms with Crippen molar-refractivity contribution in [3.05, 3.63) is 58.9 Å². The minimum absolute atomic E-state index is 0.382. The summed E-state index contributed by atoms with van der Waals surface area (Å²) in [5, 5.41) is 0. The second-order valence-corrected chi connectivity index (χ2v) is 6.39. The fraction of sp³-hybridized carbons (Fsp3) is 0.0714. The molecule has 0 unspecified atom stereocenters. The maximum atomic E-state index is 13.4. The highest BCUT2D eigenvalue weighted by molar-refractivity contribution is 7.90. The van der Waals surface area contributed by atoms with E-state index >= 15 is 0 Å². The van der Waals surface area contributed by atoms with Crippen molar-refractivity contribution in [3.8, 4) is 5.75 Å². The molecule has 0 heterocycles. The average molecular weight is 381 g/mol. The minimum atomic E-state index is -4.48. The van der Waals surface area contributed by atoms with Gasteiger partial charge in [-0.25, -0.2) is 31.1 Å². The van der Waals surface area contributed by atoms with Crippen LogP contribution in [0, 0.1) is 36.0 Å². The van der Waals surface area contributed by atoms with Gasteiger partial charge in [0, 0.05) is 0 Å². The highest BCUT2D eigenvalue weighted by Crippen LogP contribution is 2.29. The molecule has 2 aromatic rings. The number of aryl methyl sites for hydroxylation is 1. The molecule has 0 radical (unpaired) electrons. The highest BCUT2D eigenvalue weighted by Gasteiger charge is 2.29. The van der Waals surface area contributed by atoms with Crippen molar-refractivity contribution in [1.29, 1.82) is 0 Å². The van der Waals surface area contributed by atoms with Crippen LogP contribution in [0.25, 0.3) is 0 Å². The second-order valence-electron chi connectivity index (χ2n) is 4.71. The number of ether oxygens (including phenoxy) is 1. The van der Waals surface area contributed by atoms with Crippen molar-refractivity contribution in [3.63, 3.8) is 0 Å². The van der Waals surface area contributed by atoms with E-state index in [-0.39, 0.29) is 4.90 Å². The van der Waals surface area contributed by atoms with Gasteiger partial charge in [-0.2, -0.15) is 8.78 Å². The van der Waals surface area contributed by atoms with E-state index in [0.29, 0.717) is 5.56 Å². The fourth-order valence-corrected chi connectivity index (χ4v) is 2.55. The fourth-order valence-electron chi connectivity index (χ4n) is 1.67. The number of carbonyl (C=O) groups excluding carboxylic acids is 1. The van der Waals surface area contributed by atoms with Gasteiger partial charge in [-0.1, -0.05) is 17.7 Å². The lowest BCUT2D eigenvalue weighted by molar-refractivity contribution is 0.199. The van der Waals surface area contributed by atoms with Gasteiger partial charge >= 0.3 is 6.09 Å². The Labute approximate surface area is 138 Å². The number of halogens is 5. The van der Waals surface area contributed by atoms with E-state index in [4.69, 9.17) is 0 Å². The largest absolute Gasteiger partial charge is 0.426 e. The molecule has 0 aromatic heterocycles. The molecule has 0 bridgehead atoms. The monoisotopic (exact) mass is 381 g/mol. The van der Waals surface area contributed by atoms with Gasteiger partial charge in [0.05, 0.1) is 4.90 Å². The topological polar surface area (TPSA) is 72.5 Å². The van der Waals surface area contributed by atoms with Gasteiger partial charge in [0.1, 0.15) is 0 Å². The molecule has 0 aliphatic carbocycles. The number of sulfonamides is 1. The molecule has 5 nitrogen and oxygen atoms in total. The Kier molecular flexibility index (Phi) is 4.97. The molecule has 0 spiro atoms. The van der Waals surface area contributed by atoms with Crippen molar-refractivity contribution in [1.82, 2.24) is 4.72 Å². The van der Waals surface area contributed by atoms with Gasteiger partial charge in [0.15, 0.2) is 0 Å². The first-order valence-electron chi connectivity index (χ1n) is 6.37. The van der Waals surface area contributed by atoms with E-state index in [0.717, 1.165) is 12.1 Å². The smallest absolute Gasteiger partial charge is 0.403 e. The molecule has 1 N–H and O–H groups in total. The van der Waals surface area contributed by atoms with E-state index in [1.54, 1.807) is 6.92 Å². The number of rotatable bonds is 3. The van der Waals surface area contributed by atoms with E-state index in [1.807, 2.05) is 0 Å². The normalized spacial score (nSPS) is 11.3. The van der Waals surface area contributed by atoms with Crippen LogP contribution in [0.3, 0.4) is 0 Å². The molecule has 0 aliphatic rings. The third kappa shape index (κ3) is 3.71. The molecule has 25 heavy (non-hydrogen) atoms. The first kappa shape index (κ1) is 18.6. The summed E-state index contributed by atoms with van der Waals surface area (Å²) >= 11 is 0. The van der Waals surface area contributed by atoms with E-state index in [9.17, 15) is 35.2 Å². The van der Waals surface area contributed by atoms with Crippen LogP contribution < -0.4 is 9.46 Å². The molecule has 0 saturated heterocycles. The van der Waals surface area contributed by atoms with Crippen LogP contribution >= 0.6 is 0 Å². The predicted molar refractivity (Wildman–Crippen MR) is 73.8 cm³/mol. The molecule has 0 atom stereocenters. The number of benzene rings is 2. The van der Waals surface area contributed by atoms with Gasteiger partial charge in [-0.15, -0.1) is 0 Å². The summed E-state index contributed by atoms with van der Waals surface area (Å²) in [4.78, 5) is 11.1. The number of nitrogens with one attached hydrogen (secondary N) is 1. The highest BCUT2D eigenvalue weighted by atomic mass is 32.2. The Morgan fingerprint density at radius 1 is 0.880 bits per heavy atom. The Balaban J connectivity index is 2.28. The van der Waals surface area contributed by atoms with Crippen LogP contribution in [0.15, 0.2) is 29.2 Å². The lowest BCUT2D eigenvalue weighted by Crippen LogP contribution is -2.33. The van der Waals surface area contributed by atoms with Gasteiger partial charge in [-0.05, 0) is 19.1 Å². The second kappa shape index (κ2) is 6.67. The van der Waals surface area contributed by atoms with E-state index in [1.165, 1.54) is 16.9 Å². The van der Waals surface area contributed by atoms with Crippen LogP contribution in [-0.4, -0.2) is 14.5 Å². The van der Waals surface area contributed by atoms with E-state index < -0.39 is 51.0 Å². The summed E-state index contributed by atoms with van der Waals surface area (Å²) in [6.45, 7) is 1.67. The van der Waals surface area contributed by atoms with Crippen LogP contribution in [0.2, 0.25) is 0 Å². The van der Waals surface area contributed by atoms with Crippen LogP contribution in [0.5, 0.6) is 5.75 Å². The predicted octanol–water partition coefficient (Wildman–Crippen LogP) is 3.17. The van der Waals surface area contributed by atoms with Gasteiger partial charge in [0.25, 0.3) is 10.0 Å². The Morgan fingerprint density at radius 2 is 1.32 bits per heavy atom. The number of hydrogen-bond acceptors (Lipinski definition) is 4. The Bertz CT molecular complexity index is 916. The van der Waals surface area contributed by atoms with Crippen LogP contribution in [0.1, 0.15) is 5.56 Å². The first-order valence-corrected chi connectivity index (χ1v) is 7.85. The van der Waals surface area contributed by atoms with Crippen LogP contribution in [-0.2, 0) is 10.0 Å². The zero-order valence-corrected chi connectivity index (χ0v) is 13.1.